The number of aliphatic hydroxyl groups excluding tert-OH is 1. The van der Waals surface area contributed by atoms with Crippen LogP contribution in [0.1, 0.15) is 97.4 Å². The van der Waals surface area contributed by atoms with Gasteiger partial charge in [-0.15, -0.1) is 0 Å². The topological polar surface area (TPSA) is 99.2 Å². The maximum absolute atomic E-state index is 14.3. The molecule has 0 bridgehead atoms. The number of amides is 1. The van der Waals surface area contributed by atoms with Gasteiger partial charge in [-0.3, -0.25) is 10.1 Å². The lowest BCUT2D eigenvalue weighted by atomic mass is 9.81. The van der Waals surface area contributed by atoms with E-state index < -0.39 is 0 Å². The van der Waals surface area contributed by atoms with E-state index in [1.165, 1.54) is 38.9 Å². The second-order valence-electron chi connectivity index (χ2n) is 17.8. The van der Waals surface area contributed by atoms with Crippen LogP contribution in [0.4, 0.5) is 5.69 Å². The molecule has 6 heterocycles. The number of rotatable bonds is 10. The van der Waals surface area contributed by atoms with Gasteiger partial charge in [-0.1, -0.05) is 40.2 Å². The molecule has 0 spiro atoms. The van der Waals surface area contributed by atoms with Gasteiger partial charge in [0.05, 0.1) is 12.2 Å². The van der Waals surface area contributed by atoms with Crippen molar-refractivity contribution >= 4 is 44.0 Å². The van der Waals surface area contributed by atoms with E-state index in [1.54, 1.807) is 0 Å². The highest BCUT2D eigenvalue weighted by Gasteiger charge is 2.36. The number of aryl methyl sites for hydroxylation is 2. The standard InChI is InChI=1S/C52H51BrN4O5/c1-31-39(43-24-33(29-58)12-17-46(43)57(31)28-32-10-15-38(53)16-11-32)18-19-54-52(59)36-13-14-37(30-61-60)42(27-36)47-44-25-34-6-2-20-55-22-4-8-40(48(34)55)50(44)62-51-41-9-5-23-56-21-3-7-35(49(41)56)26-45(47)51/h10-17,24-27,58H,2-9,18-23,28-30H2,1H3,(H-,54,59,60)/p+1. The van der Waals surface area contributed by atoms with Gasteiger partial charge in [0, 0.05) is 98.8 Å². The zero-order chi connectivity index (χ0) is 42.1. The summed E-state index contributed by atoms with van der Waals surface area (Å²) in [6.45, 7) is 7.56. The largest absolute Gasteiger partial charge is 0.455 e. The van der Waals surface area contributed by atoms with Crippen LogP contribution in [0.5, 0.6) is 11.5 Å². The smallest absolute Gasteiger partial charge is 0.251 e. The Morgan fingerprint density at radius 3 is 2.45 bits per heavy atom. The number of hydrogen-bond acceptors (Lipinski definition) is 6. The lowest BCUT2D eigenvalue weighted by Crippen LogP contribution is -2.45. The molecule has 1 amide bonds. The number of fused-ring (bicyclic) bond motifs is 5. The molecule has 0 fully saturated rings. The fourth-order valence-electron chi connectivity index (χ4n) is 11.3. The maximum atomic E-state index is 14.3. The van der Waals surface area contributed by atoms with Crippen molar-refractivity contribution < 1.29 is 24.8 Å². The average Bonchev–Trinajstić information content (AvgIpc) is 3.55. The molecular weight excluding hydrogens is 840 g/mol. The van der Waals surface area contributed by atoms with Gasteiger partial charge in [0.2, 0.25) is 5.36 Å². The van der Waals surface area contributed by atoms with Crippen LogP contribution in [-0.2, 0) is 56.8 Å². The van der Waals surface area contributed by atoms with E-state index in [2.05, 4.69) is 90.7 Å². The van der Waals surface area contributed by atoms with E-state index in [4.69, 9.17) is 9.62 Å². The fourth-order valence-corrected chi connectivity index (χ4v) is 11.6. The number of nitrogens with one attached hydrogen (secondary N) is 1. The van der Waals surface area contributed by atoms with Crippen LogP contribution in [0.25, 0.3) is 16.5 Å². The second kappa shape index (κ2) is 16.1. The van der Waals surface area contributed by atoms with Gasteiger partial charge in [0.25, 0.3) is 5.91 Å². The Bertz CT molecular complexity index is 2950. The van der Waals surface area contributed by atoms with Crippen LogP contribution in [0.2, 0.25) is 0 Å². The first-order valence-corrected chi connectivity index (χ1v) is 23.2. The molecule has 0 atom stereocenters. The third kappa shape index (κ3) is 6.69. The van der Waals surface area contributed by atoms with Crippen molar-refractivity contribution in [2.75, 3.05) is 37.6 Å². The summed E-state index contributed by atoms with van der Waals surface area (Å²) in [6, 6.07) is 25.1. The molecule has 11 rings (SSSR count). The Labute approximate surface area is 370 Å². The number of nitrogens with zero attached hydrogens (tertiary/aromatic N) is 3. The van der Waals surface area contributed by atoms with Crippen molar-refractivity contribution in [1.29, 1.82) is 0 Å². The van der Waals surface area contributed by atoms with E-state index in [-0.39, 0.29) is 19.1 Å². The molecule has 0 radical (unpaired) electrons. The molecular formula is C52H52BrN4O5+. The van der Waals surface area contributed by atoms with Crippen molar-refractivity contribution in [3.63, 3.8) is 0 Å². The lowest BCUT2D eigenvalue weighted by molar-refractivity contribution is -0.253. The Morgan fingerprint density at radius 2 is 1.63 bits per heavy atom. The summed E-state index contributed by atoms with van der Waals surface area (Å²) < 4.78 is 13.2. The number of aliphatic hydroxyl groups is 1. The average molecular weight is 893 g/mol. The normalized spacial score (nSPS) is 16.1. The molecule has 5 aromatic carbocycles. The zero-order valence-electron chi connectivity index (χ0n) is 35.3. The first-order valence-electron chi connectivity index (χ1n) is 22.4. The van der Waals surface area contributed by atoms with Crippen molar-refractivity contribution in [3.05, 3.63) is 155 Å². The number of carbonyl (C=O) groups is 1. The van der Waals surface area contributed by atoms with Gasteiger partial charge in [0.15, 0.2) is 0 Å². The monoisotopic (exact) mass is 891 g/mol. The molecule has 5 aliphatic rings. The number of benzene rings is 5. The molecule has 0 saturated heterocycles. The minimum absolute atomic E-state index is 0.0111. The summed E-state index contributed by atoms with van der Waals surface area (Å²) >= 11 is 3.56. The molecule has 9 nitrogen and oxygen atoms in total. The Morgan fingerprint density at radius 1 is 0.855 bits per heavy atom. The predicted octanol–water partition coefficient (Wildman–Crippen LogP) is 7.65. The molecule has 0 saturated carbocycles. The number of anilines is 1. The third-order valence-corrected chi connectivity index (χ3v) is 14.7. The van der Waals surface area contributed by atoms with E-state index in [1.807, 2.05) is 24.3 Å². The number of carbonyl (C=O) groups excluding carboxylic acids is 1. The van der Waals surface area contributed by atoms with E-state index >= 15 is 0 Å². The van der Waals surface area contributed by atoms with Gasteiger partial charge < -0.3 is 24.6 Å². The van der Waals surface area contributed by atoms with E-state index in [0.29, 0.717) is 25.1 Å². The first-order chi connectivity index (χ1) is 30.4. The highest BCUT2D eigenvalue weighted by atomic mass is 79.9. The molecule has 316 valence electrons. The van der Waals surface area contributed by atoms with Crippen molar-refractivity contribution in [3.8, 4) is 11.5 Å². The summed E-state index contributed by atoms with van der Waals surface area (Å²) in [5.74, 6) is 1.74. The van der Waals surface area contributed by atoms with E-state index in [0.717, 1.165) is 149 Å². The summed E-state index contributed by atoms with van der Waals surface area (Å²) in [5.41, 5.74) is 16.5. The minimum atomic E-state index is -0.157. The van der Waals surface area contributed by atoms with Gasteiger partial charge in [-0.25, -0.2) is 9.46 Å². The van der Waals surface area contributed by atoms with Crippen LogP contribution < -0.4 is 30.1 Å². The predicted molar refractivity (Wildman–Crippen MR) is 246 cm³/mol. The number of halogens is 1. The van der Waals surface area contributed by atoms with Crippen LogP contribution in [0, 0.1) is 6.92 Å². The second-order valence-corrected chi connectivity index (χ2v) is 18.7. The molecule has 0 unspecified atom stereocenters. The van der Waals surface area contributed by atoms with Gasteiger partial charge in [-0.05, 0) is 134 Å². The molecule has 0 aliphatic carbocycles. The maximum Gasteiger partial charge on any atom is 0.251 e. The van der Waals surface area contributed by atoms with Crippen molar-refractivity contribution in [2.45, 2.75) is 84.5 Å². The van der Waals surface area contributed by atoms with E-state index in [9.17, 15) is 15.2 Å². The minimum Gasteiger partial charge on any atom is -0.455 e. The molecule has 10 heteroatoms. The zero-order valence-corrected chi connectivity index (χ0v) is 36.9. The van der Waals surface area contributed by atoms with Gasteiger partial charge in [0.1, 0.15) is 31.2 Å². The molecule has 62 heavy (non-hydrogen) atoms. The molecule has 1 aromatic heterocycles. The molecule has 5 aliphatic heterocycles. The summed E-state index contributed by atoms with van der Waals surface area (Å²) in [4.78, 5) is 21.8. The quantitative estimate of drug-likeness (QED) is 0.0742. The molecule has 3 N–H and O–H groups in total. The number of aromatic nitrogens is 1. The number of hydrogen-bond donors (Lipinski definition) is 3. The van der Waals surface area contributed by atoms with Crippen LogP contribution in [-0.4, -0.2) is 53.6 Å². The van der Waals surface area contributed by atoms with Gasteiger partial charge >= 0.3 is 0 Å². The van der Waals surface area contributed by atoms with Crippen LogP contribution in [0.3, 0.4) is 0 Å². The SMILES string of the molecule is Cc1c(CCNC(=O)c2ccc(COO)c(C3=c4cc5c6c(c4Oc4c3cc3c7c4CCCN7CCC3)CCC[N+]=6CCC5)c2)c2cc(CO)ccc2n1Cc1ccc(Br)cc1. The number of ether oxygens (including phenoxy) is 1. The summed E-state index contributed by atoms with van der Waals surface area (Å²) in [6.07, 6.45) is 9.04. The Balaban J connectivity index is 0.997. The highest BCUT2D eigenvalue weighted by Crippen LogP contribution is 2.49. The lowest BCUT2D eigenvalue weighted by Gasteiger charge is -2.39. The summed E-state index contributed by atoms with van der Waals surface area (Å²) in [5, 5.41) is 26.8. The van der Waals surface area contributed by atoms with Crippen molar-refractivity contribution in [1.82, 2.24) is 14.5 Å². The van der Waals surface area contributed by atoms with Crippen LogP contribution >= 0.6 is 15.9 Å². The fraction of sp³-hybridized carbons (Fsp3) is 0.346. The Hall–Kier alpha value is -5.26. The van der Waals surface area contributed by atoms with Gasteiger partial charge in [-0.2, -0.15) is 0 Å². The van der Waals surface area contributed by atoms with Crippen molar-refractivity contribution in [2.24, 2.45) is 0 Å². The first kappa shape index (κ1) is 39.6. The van der Waals surface area contributed by atoms with Crippen LogP contribution in [0.15, 0.2) is 77.3 Å². The Kier molecular flexibility index (Phi) is 10.3. The summed E-state index contributed by atoms with van der Waals surface area (Å²) in [7, 11) is 0. The third-order valence-electron chi connectivity index (χ3n) is 14.2. The highest BCUT2D eigenvalue weighted by molar-refractivity contribution is 9.10. The molecule has 6 aromatic rings.